The van der Waals surface area contributed by atoms with Crippen LogP contribution in [-0.4, -0.2) is 20.8 Å². The average Bonchev–Trinajstić information content (AvgIpc) is 3.01. The highest BCUT2D eigenvalue weighted by Crippen LogP contribution is 2.25. The quantitative estimate of drug-likeness (QED) is 0.878. The first-order valence-corrected chi connectivity index (χ1v) is 6.14. The molecule has 4 nitrogen and oxygen atoms in total. The molecule has 1 fully saturated rings. The Hall–Kier alpha value is -1.84. The second-order valence-corrected chi connectivity index (χ2v) is 4.48. The average molecular weight is 228 g/mol. The Morgan fingerprint density at radius 3 is 2.76 bits per heavy atom. The van der Waals surface area contributed by atoms with Crippen LogP contribution < -0.4 is 5.32 Å². The molecule has 1 N–H and O–H groups in total. The van der Waals surface area contributed by atoms with Crippen LogP contribution in [0.5, 0.6) is 0 Å². The summed E-state index contributed by atoms with van der Waals surface area (Å²) in [7, 11) is 0. The van der Waals surface area contributed by atoms with Crippen LogP contribution in [0.3, 0.4) is 0 Å². The molecule has 0 unspecified atom stereocenters. The maximum absolute atomic E-state index is 4.19. The molecular formula is C13H16N4. The van der Waals surface area contributed by atoms with Gasteiger partial charge in [0.15, 0.2) is 0 Å². The number of nitrogens with zero attached hydrogens (tertiary/aromatic N) is 3. The minimum absolute atomic E-state index is 0.611. The van der Waals surface area contributed by atoms with Gasteiger partial charge in [0.2, 0.25) is 0 Å². The van der Waals surface area contributed by atoms with Crippen LogP contribution in [0, 0.1) is 0 Å². The Morgan fingerprint density at radius 1 is 1.18 bits per heavy atom. The predicted molar refractivity (Wildman–Crippen MR) is 67.2 cm³/mol. The van der Waals surface area contributed by atoms with Crippen LogP contribution in [0.1, 0.15) is 25.7 Å². The Balaban J connectivity index is 1.88. The molecule has 4 heteroatoms. The standard InChI is InChI=1S/C13H16N4/c1-2-6-11(5-1)16-12-7-3-4-8-13(12)17-10-14-9-15-17/h3-4,7-11,16H,1-2,5-6H2. The van der Waals surface area contributed by atoms with Crippen molar-refractivity contribution in [2.45, 2.75) is 31.7 Å². The first-order valence-electron chi connectivity index (χ1n) is 6.14. The van der Waals surface area contributed by atoms with E-state index in [4.69, 9.17) is 0 Å². The number of para-hydroxylation sites is 2. The van der Waals surface area contributed by atoms with Crippen LogP contribution in [0.25, 0.3) is 5.69 Å². The number of benzene rings is 1. The molecule has 2 aromatic rings. The fourth-order valence-electron chi connectivity index (χ4n) is 2.42. The highest BCUT2D eigenvalue weighted by Gasteiger charge is 2.16. The topological polar surface area (TPSA) is 42.7 Å². The van der Waals surface area contributed by atoms with Gasteiger partial charge in [-0.2, -0.15) is 5.10 Å². The lowest BCUT2D eigenvalue weighted by Gasteiger charge is -2.16. The normalized spacial score (nSPS) is 16.2. The fourth-order valence-corrected chi connectivity index (χ4v) is 2.42. The van der Waals surface area contributed by atoms with Gasteiger partial charge in [-0.3, -0.25) is 0 Å². The van der Waals surface area contributed by atoms with Crippen molar-refractivity contribution in [2.24, 2.45) is 0 Å². The molecule has 0 radical (unpaired) electrons. The van der Waals surface area contributed by atoms with Crippen molar-refractivity contribution >= 4 is 5.69 Å². The van der Waals surface area contributed by atoms with Crippen LogP contribution in [0.2, 0.25) is 0 Å². The van der Waals surface area contributed by atoms with Crippen molar-refractivity contribution in [1.29, 1.82) is 0 Å². The molecule has 0 saturated heterocycles. The molecule has 3 rings (SSSR count). The monoisotopic (exact) mass is 228 g/mol. The van der Waals surface area contributed by atoms with Gasteiger partial charge in [-0.25, -0.2) is 9.67 Å². The van der Waals surface area contributed by atoms with Gasteiger partial charge in [-0.1, -0.05) is 25.0 Å². The van der Waals surface area contributed by atoms with Crippen LogP contribution in [0.15, 0.2) is 36.9 Å². The first-order chi connectivity index (χ1) is 8.43. The SMILES string of the molecule is c1ccc(-n2cncn2)c(NC2CCCC2)c1. The summed E-state index contributed by atoms with van der Waals surface area (Å²) in [5.41, 5.74) is 2.21. The molecule has 0 spiro atoms. The predicted octanol–water partition coefficient (Wildman–Crippen LogP) is 2.62. The van der Waals surface area contributed by atoms with Gasteiger partial charge in [-0.15, -0.1) is 0 Å². The molecule has 17 heavy (non-hydrogen) atoms. The lowest BCUT2D eigenvalue weighted by Crippen LogP contribution is -2.16. The van der Waals surface area contributed by atoms with Crippen LogP contribution >= 0.6 is 0 Å². The number of hydrogen-bond acceptors (Lipinski definition) is 3. The number of nitrogens with one attached hydrogen (secondary N) is 1. The third kappa shape index (κ3) is 2.16. The summed E-state index contributed by atoms with van der Waals surface area (Å²) in [4.78, 5) is 4.00. The maximum Gasteiger partial charge on any atom is 0.138 e. The maximum atomic E-state index is 4.19. The van der Waals surface area contributed by atoms with Gasteiger partial charge in [-0.05, 0) is 25.0 Å². The number of anilines is 1. The second kappa shape index (κ2) is 4.57. The van der Waals surface area contributed by atoms with E-state index in [1.807, 2.05) is 6.07 Å². The zero-order chi connectivity index (χ0) is 11.5. The zero-order valence-corrected chi connectivity index (χ0v) is 9.71. The highest BCUT2D eigenvalue weighted by molar-refractivity contribution is 5.60. The minimum Gasteiger partial charge on any atom is -0.381 e. The van der Waals surface area contributed by atoms with E-state index in [9.17, 15) is 0 Å². The molecule has 1 aliphatic rings. The summed E-state index contributed by atoms with van der Waals surface area (Å²) in [6, 6.07) is 8.86. The second-order valence-electron chi connectivity index (χ2n) is 4.48. The van der Waals surface area contributed by atoms with Crippen molar-refractivity contribution in [2.75, 3.05) is 5.32 Å². The molecule has 1 saturated carbocycles. The van der Waals surface area contributed by atoms with E-state index in [0.717, 1.165) is 11.4 Å². The van der Waals surface area contributed by atoms with E-state index in [1.54, 1.807) is 17.3 Å². The molecule has 88 valence electrons. The summed E-state index contributed by atoms with van der Waals surface area (Å²) < 4.78 is 1.80. The van der Waals surface area contributed by atoms with Crippen molar-refractivity contribution in [3.8, 4) is 5.69 Å². The molecule has 0 amide bonds. The largest absolute Gasteiger partial charge is 0.381 e. The smallest absolute Gasteiger partial charge is 0.138 e. The Kier molecular flexibility index (Phi) is 2.78. The van der Waals surface area contributed by atoms with Crippen LogP contribution in [-0.2, 0) is 0 Å². The van der Waals surface area contributed by atoms with Crippen LogP contribution in [0.4, 0.5) is 5.69 Å². The molecule has 0 atom stereocenters. The summed E-state index contributed by atoms with van der Waals surface area (Å²) in [6.07, 6.45) is 8.51. The summed E-state index contributed by atoms with van der Waals surface area (Å²) in [5.74, 6) is 0. The van der Waals surface area contributed by atoms with Gasteiger partial charge in [0.1, 0.15) is 12.7 Å². The summed E-state index contributed by atoms with van der Waals surface area (Å²) in [6.45, 7) is 0. The molecule has 1 aromatic carbocycles. The van der Waals surface area contributed by atoms with E-state index in [2.05, 4.69) is 33.6 Å². The van der Waals surface area contributed by atoms with Crippen molar-refractivity contribution in [3.05, 3.63) is 36.9 Å². The Bertz CT molecular complexity index is 472. The Morgan fingerprint density at radius 2 is 2.00 bits per heavy atom. The lowest BCUT2D eigenvalue weighted by atomic mass is 10.2. The first kappa shape index (κ1) is 10.3. The number of hydrogen-bond donors (Lipinski definition) is 1. The molecule has 0 bridgehead atoms. The third-order valence-electron chi connectivity index (χ3n) is 3.28. The van der Waals surface area contributed by atoms with E-state index in [0.29, 0.717) is 6.04 Å². The van der Waals surface area contributed by atoms with Gasteiger partial charge < -0.3 is 5.32 Å². The number of rotatable bonds is 3. The molecule has 1 heterocycles. The summed E-state index contributed by atoms with van der Waals surface area (Å²) >= 11 is 0. The molecule has 0 aliphatic heterocycles. The number of aromatic nitrogens is 3. The zero-order valence-electron chi connectivity index (χ0n) is 9.71. The van der Waals surface area contributed by atoms with Gasteiger partial charge in [0.05, 0.1) is 11.4 Å². The van der Waals surface area contributed by atoms with Crippen molar-refractivity contribution in [1.82, 2.24) is 14.8 Å². The van der Waals surface area contributed by atoms with Gasteiger partial charge >= 0.3 is 0 Å². The third-order valence-corrected chi connectivity index (χ3v) is 3.28. The van der Waals surface area contributed by atoms with Crippen molar-refractivity contribution in [3.63, 3.8) is 0 Å². The minimum atomic E-state index is 0.611. The summed E-state index contributed by atoms with van der Waals surface area (Å²) in [5, 5.41) is 7.80. The van der Waals surface area contributed by atoms with E-state index in [-0.39, 0.29) is 0 Å². The lowest BCUT2D eigenvalue weighted by molar-refractivity contribution is 0.751. The Labute approximate surface area is 101 Å². The van der Waals surface area contributed by atoms with Gasteiger partial charge in [0, 0.05) is 6.04 Å². The van der Waals surface area contributed by atoms with E-state index >= 15 is 0 Å². The molecule has 1 aromatic heterocycles. The van der Waals surface area contributed by atoms with E-state index in [1.165, 1.54) is 25.7 Å². The van der Waals surface area contributed by atoms with Gasteiger partial charge in [0.25, 0.3) is 0 Å². The van der Waals surface area contributed by atoms with E-state index < -0.39 is 0 Å². The van der Waals surface area contributed by atoms with Crippen molar-refractivity contribution < 1.29 is 0 Å². The highest BCUT2D eigenvalue weighted by atomic mass is 15.3. The molecular weight excluding hydrogens is 212 g/mol. The molecule has 1 aliphatic carbocycles. The fraction of sp³-hybridized carbons (Fsp3) is 0.385.